The number of alkyl halides is 2. The van der Waals surface area contributed by atoms with Crippen LogP contribution >= 0.6 is 23.2 Å². The Labute approximate surface area is 152 Å². The number of carbonyl (C=O) groups is 1. The van der Waals surface area contributed by atoms with Crippen LogP contribution < -0.4 is 14.8 Å². The summed E-state index contributed by atoms with van der Waals surface area (Å²) in [7, 11) is 3.20. The molecule has 0 aromatic heterocycles. The second-order valence-electron chi connectivity index (χ2n) is 5.65. The van der Waals surface area contributed by atoms with Crippen LogP contribution in [-0.4, -0.2) is 44.2 Å². The van der Waals surface area contributed by atoms with Gasteiger partial charge in [-0.05, 0) is 37.0 Å². The zero-order valence-corrected chi connectivity index (χ0v) is 15.4. The summed E-state index contributed by atoms with van der Waals surface area (Å²) in [5.41, 5.74) is 1.05. The van der Waals surface area contributed by atoms with E-state index in [1.54, 1.807) is 14.2 Å². The summed E-state index contributed by atoms with van der Waals surface area (Å²) in [6, 6.07) is 5.71. The van der Waals surface area contributed by atoms with E-state index in [1.807, 2.05) is 18.2 Å². The van der Waals surface area contributed by atoms with Crippen LogP contribution in [0.15, 0.2) is 18.2 Å². The molecular formula is C17H23Cl2NO4. The standard InChI is InChI=1S/C17H23Cl2NO4/c1-22-13-6-5-11(10-14(13)23-2)7-8-20-17(21)12-4-3-9-24-15(12)16(18)19/h5-6,10,12,15-16H,3-4,7-9H2,1-2H3,(H,20,21)/t12-,15+/m1/s1. The van der Waals surface area contributed by atoms with Gasteiger partial charge in [0.15, 0.2) is 11.5 Å². The molecule has 1 aliphatic heterocycles. The number of carbonyl (C=O) groups excluding carboxylic acids is 1. The average Bonchev–Trinajstić information content (AvgIpc) is 2.61. The number of hydrogen-bond acceptors (Lipinski definition) is 4. The number of halogens is 2. The van der Waals surface area contributed by atoms with Crippen molar-refractivity contribution in [2.24, 2.45) is 5.92 Å². The molecule has 1 aromatic rings. The summed E-state index contributed by atoms with van der Waals surface area (Å²) in [6.45, 7) is 1.11. The van der Waals surface area contributed by atoms with Crippen LogP contribution in [0.3, 0.4) is 0 Å². The maximum Gasteiger partial charge on any atom is 0.225 e. The van der Waals surface area contributed by atoms with Crippen molar-refractivity contribution in [3.8, 4) is 11.5 Å². The minimum atomic E-state index is -0.702. The third kappa shape index (κ3) is 4.91. The van der Waals surface area contributed by atoms with Gasteiger partial charge in [-0.1, -0.05) is 6.07 Å². The predicted molar refractivity (Wildman–Crippen MR) is 94.2 cm³/mol. The van der Waals surface area contributed by atoms with E-state index in [0.717, 1.165) is 18.4 Å². The van der Waals surface area contributed by atoms with Crippen molar-refractivity contribution in [2.75, 3.05) is 27.4 Å². The third-order valence-electron chi connectivity index (χ3n) is 4.11. The number of amides is 1. The molecule has 1 amide bonds. The first-order valence-electron chi connectivity index (χ1n) is 7.95. The maximum absolute atomic E-state index is 12.4. The van der Waals surface area contributed by atoms with Gasteiger partial charge in [0.2, 0.25) is 5.91 Å². The predicted octanol–water partition coefficient (Wildman–Crippen LogP) is 2.96. The van der Waals surface area contributed by atoms with E-state index in [4.69, 9.17) is 37.4 Å². The highest BCUT2D eigenvalue weighted by atomic mass is 35.5. The van der Waals surface area contributed by atoms with Crippen molar-refractivity contribution in [3.05, 3.63) is 23.8 Å². The lowest BCUT2D eigenvalue weighted by Gasteiger charge is -2.31. The van der Waals surface area contributed by atoms with Crippen LogP contribution in [0, 0.1) is 5.92 Å². The molecule has 0 radical (unpaired) electrons. The lowest BCUT2D eigenvalue weighted by atomic mass is 9.94. The first kappa shape index (κ1) is 19.2. The zero-order valence-electron chi connectivity index (χ0n) is 13.9. The van der Waals surface area contributed by atoms with E-state index in [9.17, 15) is 4.79 Å². The fourth-order valence-electron chi connectivity index (χ4n) is 2.83. The van der Waals surface area contributed by atoms with Gasteiger partial charge in [0.1, 0.15) is 4.84 Å². The molecule has 0 bridgehead atoms. The Kier molecular flexibility index (Phi) is 7.46. The average molecular weight is 376 g/mol. The quantitative estimate of drug-likeness (QED) is 0.744. The summed E-state index contributed by atoms with van der Waals surface area (Å²) < 4.78 is 16.0. The van der Waals surface area contributed by atoms with Gasteiger partial charge in [0.25, 0.3) is 0 Å². The van der Waals surface area contributed by atoms with Crippen molar-refractivity contribution in [1.82, 2.24) is 5.32 Å². The first-order valence-corrected chi connectivity index (χ1v) is 8.82. The van der Waals surface area contributed by atoms with Gasteiger partial charge in [-0.15, -0.1) is 23.2 Å². The topological polar surface area (TPSA) is 56.8 Å². The Hall–Kier alpha value is -1.17. The number of methoxy groups -OCH3 is 2. The van der Waals surface area contributed by atoms with Gasteiger partial charge >= 0.3 is 0 Å². The van der Waals surface area contributed by atoms with Crippen LogP contribution in [0.4, 0.5) is 0 Å². The van der Waals surface area contributed by atoms with Gasteiger partial charge < -0.3 is 19.5 Å². The molecule has 2 atom stereocenters. The van der Waals surface area contributed by atoms with Crippen LogP contribution in [0.1, 0.15) is 18.4 Å². The monoisotopic (exact) mass is 375 g/mol. The smallest absolute Gasteiger partial charge is 0.225 e. The first-order chi connectivity index (χ1) is 11.6. The molecule has 1 heterocycles. The summed E-state index contributed by atoms with van der Waals surface area (Å²) in [6.07, 6.45) is 1.83. The molecule has 0 unspecified atom stereocenters. The highest BCUT2D eigenvalue weighted by Gasteiger charge is 2.35. The molecule has 1 N–H and O–H groups in total. The van der Waals surface area contributed by atoms with E-state index in [1.165, 1.54) is 0 Å². The van der Waals surface area contributed by atoms with Crippen LogP contribution in [-0.2, 0) is 16.0 Å². The molecule has 1 saturated heterocycles. The van der Waals surface area contributed by atoms with E-state index in [-0.39, 0.29) is 11.8 Å². The summed E-state index contributed by atoms with van der Waals surface area (Å²) >= 11 is 11.8. The number of nitrogens with one attached hydrogen (secondary N) is 1. The number of benzene rings is 1. The van der Waals surface area contributed by atoms with Gasteiger partial charge in [-0.25, -0.2) is 0 Å². The molecule has 1 aliphatic rings. The molecule has 0 aliphatic carbocycles. The van der Waals surface area contributed by atoms with Crippen molar-refractivity contribution >= 4 is 29.1 Å². The van der Waals surface area contributed by atoms with Gasteiger partial charge in [-0.3, -0.25) is 4.79 Å². The number of ether oxygens (including phenoxy) is 3. The molecule has 5 nitrogen and oxygen atoms in total. The highest BCUT2D eigenvalue weighted by Crippen LogP contribution is 2.29. The minimum Gasteiger partial charge on any atom is -0.493 e. The minimum absolute atomic E-state index is 0.0634. The molecule has 0 saturated carbocycles. The van der Waals surface area contributed by atoms with E-state index >= 15 is 0 Å². The molecule has 24 heavy (non-hydrogen) atoms. The Bertz CT molecular complexity index is 553. The second-order valence-corrected chi connectivity index (χ2v) is 6.81. The van der Waals surface area contributed by atoms with E-state index in [0.29, 0.717) is 31.1 Å². The Morgan fingerprint density at radius 2 is 2.08 bits per heavy atom. The molecule has 1 fully saturated rings. The van der Waals surface area contributed by atoms with Gasteiger partial charge in [0.05, 0.1) is 26.2 Å². The maximum atomic E-state index is 12.4. The third-order valence-corrected chi connectivity index (χ3v) is 4.61. The summed E-state index contributed by atoms with van der Waals surface area (Å²) in [5, 5.41) is 2.94. The molecule has 2 rings (SSSR count). The molecule has 134 valence electrons. The SMILES string of the molecule is COc1ccc(CCNC(=O)[C@@H]2CCCO[C@@H]2C(Cl)Cl)cc1OC. The van der Waals surface area contributed by atoms with E-state index < -0.39 is 10.9 Å². The van der Waals surface area contributed by atoms with Crippen molar-refractivity contribution < 1.29 is 19.0 Å². The fourth-order valence-corrected chi connectivity index (χ4v) is 3.33. The number of hydrogen-bond donors (Lipinski definition) is 1. The van der Waals surface area contributed by atoms with Gasteiger partial charge in [0, 0.05) is 13.2 Å². The lowest BCUT2D eigenvalue weighted by molar-refractivity contribution is -0.133. The molecule has 1 aromatic carbocycles. The largest absolute Gasteiger partial charge is 0.493 e. The normalized spacial score (nSPS) is 20.7. The highest BCUT2D eigenvalue weighted by molar-refractivity contribution is 6.44. The van der Waals surface area contributed by atoms with Crippen LogP contribution in [0.25, 0.3) is 0 Å². The van der Waals surface area contributed by atoms with Crippen LogP contribution in [0.2, 0.25) is 0 Å². The van der Waals surface area contributed by atoms with E-state index in [2.05, 4.69) is 5.32 Å². The zero-order chi connectivity index (χ0) is 17.5. The van der Waals surface area contributed by atoms with Crippen LogP contribution in [0.5, 0.6) is 11.5 Å². The summed E-state index contributed by atoms with van der Waals surface area (Å²) in [4.78, 5) is 11.7. The van der Waals surface area contributed by atoms with Crippen molar-refractivity contribution in [2.45, 2.75) is 30.2 Å². The number of rotatable bonds is 7. The fraction of sp³-hybridized carbons (Fsp3) is 0.588. The Morgan fingerprint density at radius 3 is 2.75 bits per heavy atom. The Morgan fingerprint density at radius 1 is 1.33 bits per heavy atom. The van der Waals surface area contributed by atoms with Crippen molar-refractivity contribution in [1.29, 1.82) is 0 Å². The lowest BCUT2D eigenvalue weighted by Crippen LogP contribution is -2.44. The second kappa shape index (κ2) is 9.35. The molecular weight excluding hydrogens is 353 g/mol. The molecule has 0 spiro atoms. The summed E-state index contributed by atoms with van der Waals surface area (Å²) in [5.74, 6) is 0.993. The van der Waals surface area contributed by atoms with Crippen molar-refractivity contribution in [3.63, 3.8) is 0 Å². The Balaban J connectivity index is 1.88. The van der Waals surface area contributed by atoms with Gasteiger partial charge in [-0.2, -0.15) is 0 Å². The molecule has 7 heteroatoms.